The minimum atomic E-state index is -0.388. The first-order chi connectivity index (χ1) is 8.59. The highest BCUT2D eigenvalue weighted by atomic mass is 16.1. The van der Waals surface area contributed by atoms with E-state index in [-0.39, 0.29) is 5.91 Å². The average Bonchev–Trinajstić information content (AvgIpc) is 2.53. The van der Waals surface area contributed by atoms with Crippen LogP contribution in [0.3, 0.4) is 0 Å². The second kappa shape index (κ2) is 5.29. The predicted molar refractivity (Wildman–Crippen MR) is 74.6 cm³/mol. The molecule has 1 aliphatic heterocycles. The molecule has 0 spiro atoms. The average molecular weight is 247 g/mol. The number of carbonyl (C=O) groups is 1. The van der Waals surface area contributed by atoms with Crippen LogP contribution in [0, 0.1) is 0 Å². The van der Waals surface area contributed by atoms with Crippen LogP contribution in [-0.2, 0) is 0 Å². The van der Waals surface area contributed by atoms with Crippen molar-refractivity contribution in [2.45, 2.75) is 38.6 Å². The van der Waals surface area contributed by atoms with Gasteiger partial charge in [-0.3, -0.25) is 4.79 Å². The molecule has 0 bridgehead atoms. The summed E-state index contributed by atoms with van der Waals surface area (Å²) in [4.78, 5) is 13.8. The van der Waals surface area contributed by atoms with E-state index in [0.717, 1.165) is 25.1 Å². The van der Waals surface area contributed by atoms with Gasteiger partial charge in [0.15, 0.2) is 0 Å². The third-order valence-electron chi connectivity index (χ3n) is 3.65. The Morgan fingerprint density at radius 3 is 2.83 bits per heavy atom. The molecule has 1 amide bonds. The lowest BCUT2D eigenvalue weighted by molar-refractivity contribution is 0.100. The molecule has 0 aliphatic carbocycles. The number of primary amides is 1. The molecule has 18 heavy (non-hydrogen) atoms. The Balaban J connectivity index is 2.40. The molecule has 98 valence electrons. The van der Waals surface area contributed by atoms with Crippen molar-refractivity contribution in [3.05, 3.63) is 23.8 Å². The van der Waals surface area contributed by atoms with Gasteiger partial charge >= 0.3 is 0 Å². The molecule has 2 rings (SSSR count). The lowest BCUT2D eigenvalue weighted by Crippen LogP contribution is -2.34. The minimum Gasteiger partial charge on any atom is -0.399 e. The summed E-state index contributed by atoms with van der Waals surface area (Å²) in [5, 5.41) is 0. The zero-order valence-corrected chi connectivity index (χ0v) is 10.9. The van der Waals surface area contributed by atoms with Crippen molar-refractivity contribution in [2.24, 2.45) is 5.73 Å². The van der Waals surface area contributed by atoms with E-state index < -0.39 is 0 Å². The zero-order valence-electron chi connectivity index (χ0n) is 10.9. The van der Waals surface area contributed by atoms with Crippen LogP contribution in [-0.4, -0.2) is 18.5 Å². The molecule has 1 aliphatic rings. The van der Waals surface area contributed by atoms with E-state index in [1.54, 1.807) is 12.1 Å². The van der Waals surface area contributed by atoms with Gasteiger partial charge in [-0.2, -0.15) is 0 Å². The molecular weight excluding hydrogens is 226 g/mol. The number of amides is 1. The number of carbonyl (C=O) groups excluding carboxylic acids is 1. The van der Waals surface area contributed by atoms with Gasteiger partial charge in [0.1, 0.15) is 0 Å². The predicted octanol–water partition coefficient (Wildman–Crippen LogP) is 2.14. The van der Waals surface area contributed by atoms with Gasteiger partial charge in [-0.1, -0.05) is 12.8 Å². The van der Waals surface area contributed by atoms with E-state index in [0.29, 0.717) is 17.3 Å². The van der Waals surface area contributed by atoms with Crippen molar-refractivity contribution in [1.82, 2.24) is 0 Å². The first-order valence-corrected chi connectivity index (χ1v) is 6.55. The standard InChI is InChI=1S/C14H21N3O/c1-10-5-3-2-4-8-17(10)13-9-11(15)6-7-12(13)14(16)18/h6-7,9-10H,2-5,8,15H2,1H3,(H2,16,18). The van der Waals surface area contributed by atoms with E-state index in [9.17, 15) is 4.79 Å². The third-order valence-corrected chi connectivity index (χ3v) is 3.65. The molecule has 4 nitrogen and oxygen atoms in total. The van der Waals surface area contributed by atoms with Gasteiger partial charge in [0.05, 0.1) is 11.3 Å². The number of rotatable bonds is 2. The second-order valence-electron chi connectivity index (χ2n) is 5.03. The van der Waals surface area contributed by atoms with Crippen LogP contribution in [0.2, 0.25) is 0 Å². The number of nitrogens with zero attached hydrogens (tertiary/aromatic N) is 1. The van der Waals surface area contributed by atoms with Gasteiger partial charge in [0.25, 0.3) is 5.91 Å². The van der Waals surface area contributed by atoms with Gasteiger partial charge in [0.2, 0.25) is 0 Å². The van der Waals surface area contributed by atoms with Crippen LogP contribution >= 0.6 is 0 Å². The number of anilines is 2. The lowest BCUT2D eigenvalue weighted by Gasteiger charge is -2.31. The first-order valence-electron chi connectivity index (χ1n) is 6.55. The van der Waals surface area contributed by atoms with Crippen molar-refractivity contribution >= 4 is 17.3 Å². The van der Waals surface area contributed by atoms with Gasteiger partial charge in [-0.05, 0) is 38.0 Å². The Labute approximate surface area is 108 Å². The van der Waals surface area contributed by atoms with Crippen molar-refractivity contribution in [3.8, 4) is 0 Å². The molecule has 1 unspecified atom stereocenters. The summed E-state index contributed by atoms with van der Waals surface area (Å²) in [6.07, 6.45) is 4.78. The van der Waals surface area contributed by atoms with E-state index in [1.807, 2.05) is 6.07 Å². The zero-order chi connectivity index (χ0) is 13.1. The summed E-state index contributed by atoms with van der Waals surface area (Å²) in [6, 6.07) is 5.74. The van der Waals surface area contributed by atoms with Crippen LogP contribution in [0.1, 0.15) is 43.0 Å². The van der Waals surface area contributed by atoms with Crippen LogP contribution in [0.4, 0.5) is 11.4 Å². The Morgan fingerprint density at radius 2 is 2.11 bits per heavy atom. The van der Waals surface area contributed by atoms with Crippen LogP contribution < -0.4 is 16.4 Å². The Hall–Kier alpha value is -1.71. The first kappa shape index (κ1) is 12.7. The fraction of sp³-hybridized carbons (Fsp3) is 0.500. The maximum atomic E-state index is 11.5. The Bertz CT molecular complexity index is 445. The van der Waals surface area contributed by atoms with Crippen LogP contribution in [0.5, 0.6) is 0 Å². The molecule has 1 heterocycles. The van der Waals surface area contributed by atoms with Crippen molar-refractivity contribution in [3.63, 3.8) is 0 Å². The summed E-state index contributed by atoms with van der Waals surface area (Å²) in [5.41, 5.74) is 13.4. The number of nitrogen functional groups attached to an aromatic ring is 1. The summed E-state index contributed by atoms with van der Waals surface area (Å²) in [7, 11) is 0. The molecule has 1 atom stereocenters. The Kier molecular flexibility index (Phi) is 3.75. The molecule has 4 N–H and O–H groups in total. The number of hydrogen-bond donors (Lipinski definition) is 2. The molecule has 1 saturated heterocycles. The third kappa shape index (κ3) is 2.58. The quantitative estimate of drug-likeness (QED) is 0.786. The number of nitrogens with two attached hydrogens (primary N) is 2. The van der Waals surface area contributed by atoms with E-state index in [1.165, 1.54) is 12.8 Å². The highest BCUT2D eigenvalue weighted by Gasteiger charge is 2.21. The highest BCUT2D eigenvalue weighted by molar-refractivity contribution is 5.99. The SMILES string of the molecule is CC1CCCCCN1c1cc(N)ccc1C(N)=O. The fourth-order valence-corrected chi connectivity index (χ4v) is 2.63. The van der Waals surface area contributed by atoms with Crippen LogP contribution in [0.25, 0.3) is 0 Å². The molecule has 4 heteroatoms. The van der Waals surface area contributed by atoms with Crippen LogP contribution in [0.15, 0.2) is 18.2 Å². The number of hydrogen-bond acceptors (Lipinski definition) is 3. The topological polar surface area (TPSA) is 72.3 Å². The Morgan fingerprint density at radius 1 is 1.33 bits per heavy atom. The molecule has 0 radical (unpaired) electrons. The monoisotopic (exact) mass is 247 g/mol. The van der Waals surface area contributed by atoms with Gasteiger partial charge in [-0.25, -0.2) is 0 Å². The summed E-state index contributed by atoms with van der Waals surface area (Å²) < 4.78 is 0. The van der Waals surface area contributed by atoms with Gasteiger partial charge < -0.3 is 16.4 Å². The summed E-state index contributed by atoms with van der Waals surface area (Å²) in [5.74, 6) is -0.388. The molecule has 0 aromatic heterocycles. The van der Waals surface area contributed by atoms with E-state index >= 15 is 0 Å². The second-order valence-corrected chi connectivity index (χ2v) is 5.03. The largest absolute Gasteiger partial charge is 0.399 e. The molecule has 1 aromatic carbocycles. The maximum Gasteiger partial charge on any atom is 0.250 e. The smallest absolute Gasteiger partial charge is 0.250 e. The summed E-state index contributed by atoms with van der Waals surface area (Å²) >= 11 is 0. The van der Waals surface area contributed by atoms with Gasteiger partial charge in [0, 0.05) is 18.3 Å². The normalized spacial score (nSPS) is 20.5. The number of benzene rings is 1. The van der Waals surface area contributed by atoms with Crippen molar-refractivity contribution in [1.29, 1.82) is 0 Å². The lowest BCUT2D eigenvalue weighted by atomic mass is 10.1. The maximum absolute atomic E-state index is 11.5. The van der Waals surface area contributed by atoms with Gasteiger partial charge in [-0.15, -0.1) is 0 Å². The van der Waals surface area contributed by atoms with Crippen molar-refractivity contribution in [2.75, 3.05) is 17.2 Å². The summed E-state index contributed by atoms with van der Waals surface area (Å²) in [6.45, 7) is 3.16. The highest BCUT2D eigenvalue weighted by Crippen LogP contribution is 2.29. The van der Waals surface area contributed by atoms with E-state index in [4.69, 9.17) is 11.5 Å². The fourth-order valence-electron chi connectivity index (χ4n) is 2.63. The minimum absolute atomic E-state index is 0.388. The molecule has 1 aromatic rings. The van der Waals surface area contributed by atoms with E-state index in [2.05, 4.69) is 11.8 Å². The molecular formula is C14H21N3O. The van der Waals surface area contributed by atoms with Crippen molar-refractivity contribution < 1.29 is 4.79 Å². The molecule has 1 fully saturated rings. The molecule has 0 saturated carbocycles.